The van der Waals surface area contributed by atoms with E-state index in [0.717, 1.165) is 26.2 Å². The van der Waals surface area contributed by atoms with Crippen LogP contribution in [0.1, 0.15) is 57.7 Å². The summed E-state index contributed by atoms with van der Waals surface area (Å²) in [7, 11) is 0. The molecule has 0 bridgehead atoms. The van der Waals surface area contributed by atoms with Gasteiger partial charge >= 0.3 is 0 Å². The molecule has 2 aliphatic rings. The first-order valence-corrected chi connectivity index (χ1v) is 8.15. The van der Waals surface area contributed by atoms with E-state index in [1.165, 1.54) is 37.8 Å². The Kier molecular flexibility index (Phi) is 4.13. The minimum Gasteiger partial charge on any atom is -0.314 e. The van der Waals surface area contributed by atoms with Crippen LogP contribution in [0.15, 0.2) is 12.3 Å². The zero-order chi connectivity index (χ0) is 14.0. The Morgan fingerprint density at radius 3 is 2.85 bits per heavy atom. The molecule has 1 aliphatic heterocycles. The van der Waals surface area contributed by atoms with Crippen LogP contribution in [0.4, 0.5) is 0 Å². The fourth-order valence-electron chi connectivity index (χ4n) is 3.52. The Hall–Kier alpha value is -0.870. The maximum Gasteiger partial charge on any atom is 0.0765 e. The van der Waals surface area contributed by atoms with Crippen LogP contribution in [0.2, 0.25) is 0 Å². The molecule has 0 amide bonds. The van der Waals surface area contributed by atoms with Gasteiger partial charge in [0.15, 0.2) is 0 Å². The SMILES string of the molecule is CC1(C)CNCCN1Cc1ccn(C2CCCCC2)n1. The van der Waals surface area contributed by atoms with Gasteiger partial charge in [-0.15, -0.1) is 0 Å². The van der Waals surface area contributed by atoms with E-state index < -0.39 is 0 Å². The zero-order valence-electron chi connectivity index (χ0n) is 12.9. The van der Waals surface area contributed by atoms with Crippen molar-refractivity contribution in [2.24, 2.45) is 0 Å². The summed E-state index contributed by atoms with van der Waals surface area (Å²) in [6.07, 6.45) is 8.94. The monoisotopic (exact) mass is 276 g/mol. The number of nitrogens with zero attached hydrogens (tertiary/aromatic N) is 3. The first-order chi connectivity index (χ1) is 9.65. The quantitative estimate of drug-likeness (QED) is 0.921. The van der Waals surface area contributed by atoms with Gasteiger partial charge in [-0.05, 0) is 32.8 Å². The molecule has 1 aromatic heterocycles. The van der Waals surface area contributed by atoms with E-state index in [2.05, 4.69) is 41.0 Å². The Balaban J connectivity index is 1.64. The fourth-order valence-corrected chi connectivity index (χ4v) is 3.52. The van der Waals surface area contributed by atoms with Crippen LogP contribution in [0.5, 0.6) is 0 Å². The van der Waals surface area contributed by atoms with Crippen molar-refractivity contribution in [1.82, 2.24) is 20.0 Å². The van der Waals surface area contributed by atoms with Crippen LogP contribution in [0.3, 0.4) is 0 Å². The molecule has 1 N–H and O–H groups in total. The maximum atomic E-state index is 4.85. The summed E-state index contributed by atoms with van der Waals surface area (Å²) in [5.74, 6) is 0. The molecular weight excluding hydrogens is 248 g/mol. The average molecular weight is 276 g/mol. The highest BCUT2D eigenvalue weighted by Crippen LogP contribution is 2.27. The van der Waals surface area contributed by atoms with Crippen molar-refractivity contribution in [3.63, 3.8) is 0 Å². The largest absolute Gasteiger partial charge is 0.314 e. The van der Waals surface area contributed by atoms with Crippen LogP contribution in [0, 0.1) is 0 Å². The van der Waals surface area contributed by atoms with E-state index in [1.807, 2.05) is 0 Å². The first-order valence-electron chi connectivity index (χ1n) is 8.15. The van der Waals surface area contributed by atoms with Gasteiger partial charge in [-0.3, -0.25) is 9.58 Å². The molecule has 4 nitrogen and oxygen atoms in total. The van der Waals surface area contributed by atoms with E-state index >= 15 is 0 Å². The van der Waals surface area contributed by atoms with E-state index in [0.29, 0.717) is 6.04 Å². The van der Waals surface area contributed by atoms with Gasteiger partial charge < -0.3 is 5.32 Å². The summed E-state index contributed by atoms with van der Waals surface area (Å²) >= 11 is 0. The van der Waals surface area contributed by atoms with Gasteiger partial charge in [0.25, 0.3) is 0 Å². The summed E-state index contributed by atoms with van der Waals surface area (Å²) in [6, 6.07) is 2.86. The normalized spacial score (nSPS) is 24.9. The van der Waals surface area contributed by atoms with Crippen molar-refractivity contribution in [2.75, 3.05) is 19.6 Å². The average Bonchev–Trinajstić information content (AvgIpc) is 2.91. The summed E-state index contributed by atoms with van der Waals surface area (Å²) in [4.78, 5) is 2.55. The minimum absolute atomic E-state index is 0.229. The van der Waals surface area contributed by atoms with Crippen molar-refractivity contribution in [3.8, 4) is 0 Å². The molecule has 0 aromatic carbocycles. The second kappa shape index (κ2) is 5.86. The number of hydrogen-bond acceptors (Lipinski definition) is 3. The van der Waals surface area contributed by atoms with Gasteiger partial charge in [0.1, 0.15) is 0 Å². The second-order valence-electron chi connectivity index (χ2n) is 6.99. The smallest absolute Gasteiger partial charge is 0.0765 e. The van der Waals surface area contributed by atoms with E-state index in [9.17, 15) is 0 Å². The Bertz CT molecular complexity index is 431. The van der Waals surface area contributed by atoms with Crippen molar-refractivity contribution < 1.29 is 0 Å². The molecule has 3 rings (SSSR count). The van der Waals surface area contributed by atoms with Crippen LogP contribution < -0.4 is 5.32 Å². The summed E-state index contributed by atoms with van der Waals surface area (Å²) in [5.41, 5.74) is 1.46. The molecule has 1 aromatic rings. The molecule has 112 valence electrons. The fraction of sp³-hybridized carbons (Fsp3) is 0.812. The lowest BCUT2D eigenvalue weighted by atomic mass is 9.96. The predicted molar refractivity (Wildman–Crippen MR) is 81.7 cm³/mol. The lowest BCUT2D eigenvalue weighted by Gasteiger charge is -2.42. The van der Waals surface area contributed by atoms with Gasteiger partial charge in [0, 0.05) is 37.9 Å². The van der Waals surface area contributed by atoms with Gasteiger partial charge in [-0.2, -0.15) is 5.10 Å². The second-order valence-corrected chi connectivity index (χ2v) is 6.99. The molecule has 1 saturated heterocycles. The molecule has 1 aliphatic carbocycles. The zero-order valence-corrected chi connectivity index (χ0v) is 12.9. The number of piperazine rings is 1. The van der Waals surface area contributed by atoms with Gasteiger partial charge in [-0.25, -0.2) is 0 Å². The molecule has 0 unspecified atom stereocenters. The van der Waals surface area contributed by atoms with Crippen LogP contribution in [-0.2, 0) is 6.54 Å². The lowest BCUT2D eigenvalue weighted by molar-refractivity contribution is 0.0810. The highest BCUT2D eigenvalue weighted by molar-refractivity contribution is 5.02. The van der Waals surface area contributed by atoms with Crippen molar-refractivity contribution in [3.05, 3.63) is 18.0 Å². The number of rotatable bonds is 3. The molecule has 2 fully saturated rings. The Morgan fingerprint density at radius 2 is 2.10 bits per heavy atom. The molecule has 0 radical (unpaired) electrons. The first kappa shape index (κ1) is 14.1. The Morgan fingerprint density at radius 1 is 1.30 bits per heavy atom. The molecule has 4 heteroatoms. The molecule has 0 spiro atoms. The van der Waals surface area contributed by atoms with Gasteiger partial charge in [0.2, 0.25) is 0 Å². The third-order valence-corrected chi connectivity index (χ3v) is 4.94. The summed E-state index contributed by atoms with van der Waals surface area (Å²) in [5, 5.41) is 8.33. The number of hydrogen-bond donors (Lipinski definition) is 1. The van der Waals surface area contributed by atoms with Crippen LogP contribution >= 0.6 is 0 Å². The minimum atomic E-state index is 0.229. The Labute approximate surface area is 122 Å². The van der Waals surface area contributed by atoms with Crippen LogP contribution in [0.25, 0.3) is 0 Å². The molecular formula is C16H28N4. The standard InChI is InChI=1S/C16H28N4/c1-16(2)13-17-9-11-19(16)12-14-8-10-20(18-14)15-6-4-3-5-7-15/h8,10,15,17H,3-7,9,11-13H2,1-2H3. The number of nitrogens with one attached hydrogen (secondary N) is 1. The molecule has 0 atom stereocenters. The topological polar surface area (TPSA) is 33.1 Å². The lowest BCUT2D eigenvalue weighted by Crippen LogP contribution is -2.57. The van der Waals surface area contributed by atoms with Crippen LogP contribution in [-0.4, -0.2) is 39.9 Å². The maximum absolute atomic E-state index is 4.85. The third kappa shape index (κ3) is 3.07. The van der Waals surface area contributed by atoms with Crippen molar-refractivity contribution in [2.45, 2.75) is 64.1 Å². The highest BCUT2D eigenvalue weighted by Gasteiger charge is 2.30. The molecule has 20 heavy (non-hydrogen) atoms. The molecule has 2 heterocycles. The predicted octanol–water partition coefficient (Wildman–Crippen LogP) is 2.57. The van der Waals surface area contributed by atoms with Gasteiger partial charge in [0.05, 0.1) is 11.7 Å². The van der Waals surface area contributed by atoms with Crippen molar-refractivity contribution in [1.29, 1.82) is 0 Å². The third-order valence-electron chi connectivity index (χ3n) is 4.94. The summed E-state index contributed by atoms with van der Waals surface area (Å²) in [6.45, 7) is 8.88. The van der Waals surface area contributed by atoms with Crippen molar-refractivity contribution >= 4 is 0 Å². The number of aromatic nitrogens is 2. The van der Waals surface area contributed by atoms with E-state index in [-0.39, 0.29) is 5.54 Å². The molecule has 1 saturated carbocycles. The van der Waals surface area contributed by atoms with E-state index in [4.69, 9.17) is 5.10 Å². The van der Waals surface area contributed by atoms with E-state index in [1.54, 1.807) is 0 Å². The summed E-state index contributed by atoms with van der Waals surface area (Å²) < 4.78 is 2.23. The highest BCUT2D eigenvalue weighted by atomic mass is 15.3. The van der Waals surface area contributed by atoms with Gasteiger partial charge in [-0.1, -0.05) is 19.3 Å².